The van der Waals surface area contributed by atoms with Gasteiger partial charge in [0.25, 0.3) is 0 Å². The fourth-order valence-electron chi connectivity index (χ4n) is 12.6. The molecule has 0 heterocycles. The normalized spacial score (nSPS) is 17.8. The van der Waals surface area contributed by atoms with Crippen LogP contribution in [-0.2, 0) is 0 Å². The molecule has 0 saturated carbocycles. The van der Waals surface area contributed by atoms with Gasteiger partial charge in [-0.2, -0.15) is 0 Å². The zero-order chi connectivity index (χ0) is 45.2. The Morgan fingerprint density at radius 1 is 0.345 bits per heavy atom. The van der Waals surface area contributed by atoms with Crippen molar-refractivity contribution in [2.75, 3.05) is 0 Å². The SMILES string of the molecule is CC1=CC(C)([Si](c2cc(C)c([Si](C)(C)C)c([Si](C)(C)C)c2C)(c2cc(C)c([Si](C)(C)C)c([Si](C)(C)C)c2C)c2cc(C)c([Si](C)(C)C)c([Si](C)(C)C)c2C)C(C)=C1C. The summed E-state index contributed by atoms with van der Waals surface area (Å²) in [6.07, 6.45) is 2.81. The lowest BCUT2D eigenvalue weighted by Gasteiger charge is -2.52. The second kappa shape index (κ2) is 15.2. The van der Waals surface area contributed by atoms with Crippen molar-refractivity contribution < 1.29 is 0 Å². The van der Waals surface area contributed by atoms with Gasteiger partial charge < -0.3 is 0 Å². The molecule has 7 heteroatoms. The quantitative estimate of drug-likeness (QED) is 0.141. The van der Waals surface area contributed by atoms with Gasteiger partial charge in [-0.15, -0.1) is 0 Å². The van der Waals surface area contributed by atoms with Gasteiger partial charge in [0.15, 0.2) is 8.07 Å². The van der Waals surface area contributed by atoms with Crippen LogP contribution >= 0.6 is 0 Å². The highest BCUT2D eigenvalue weighted by Crippen LogP contribution is 2.53. The summed E-state index contributed by atoms with van der Waals surface area (Å²) in [7, 11) is -13.7. The topological polar surface area (TPSA) is 0 Å². The molecule has 1 unspecified atom stereocenters. The second-order valence-electron chi connectivity index (χ2n) is 25.4. The molecule has 0 nitrogen and oxygen atoms in total. The van der Waals surface area contributed by atoms with E-state index in [1.54, 1.807) is 85.6 Å². The molecular formula is C51H88Si7. The standard InChI is InChI=1S/C51H88Si7/c1-33-29-42(38(6)48(55(20,21)22)45(33)52(11,12)13)58(51(10)32-36(4)37(5)41(51)9,43-30-34(2)46(53(14,15)16)49(39(43)7)56(23,24)25)44-31-35(3)47(54(17,18)19)50(40(44)8)57(26,27)28/h29-32H,1-28H3. The first-order valence-electron chi connectivity index (χ1n) is 22.6. The van der Waals surface area contributed by atoms with E-state index in [1.165, 1.54) is 11.1 Å². The van der Waals surface area contributed by atoms with E-state index < -0.39 is 56.5 Å². The molecule has 0 amide bonds. The number of hydrogen-bond acceptors (Lipinski definition) is 0. The van der Waals surface area contributed by atoms with E-state index in [4.69, 9.17) is 0 Å². The van der Waals surface area contributed by atoms with Crippen LogP contribution in [0.3, 0.4) is 0 Å². The monoisotopic (exact) mass is 897 g/mol. The van der Waals surface area contributed by atoms with Crippen molar-refractivity contribution >= 4 is 103 Å². The van der Waals surface area contributed by atoms with Gasteiger partial charge in [0, 0.05) is 5.04 Å². The lowest BCUT2D eigenvalue weighted by molar-refractivity contribution is 0.869. The van der Waals surface area contributed by atoms with E-state index >= 15 is 0 Å². The highest BCUT2D eigenvalue weighted by Gasteiger charge is 2.59. The van der Waals surface area contributed by atoms with E-state index in [9.17, 15) is 0 Å². The predicted molar refractivity (Wildman–Crippen MR) is 291 cm³/mol. The number of aryl methyl sites for hydroxylation is 3. The van der Waals surface area contributed by atoms with Crippen LogP contribution in [-0.4, -0.2) is 56.5 Å². The summed E-state index contributed by atoms with van der Waals surface area (Å²) in [6, 6.07) is 8.50. The maximum atomic E-state index is 2.83. The van der Waals surface area contributed by atoms with E-state index in [0.717, 1.165) is 0 Å². The van der Waals surface area contributed by atoms with Crippen LogP contribution in [0, 0.1) is 41.5 Å². The average molecular weight is 898 g/mol. The summed E-state index contributed by atoms with van der Waals surface area (Å²) in [6.45, 7) is 72.8. The van der Waals surface area contributed by atoms with Crippen molar-refractivity contribution in [1.29, 1.82) is 0 Å². The molecule has 0 bridgehead atoms. The Balaban J connectivity index is 2.71. The molecular weight excluding hydrogens is 809 g/mol. The van der Waals surface area contributed by atoms with Crippen LogP contribution in [0.15, 0.2) is 41.0 Å². The summed E-state index contributed by atoms with van der Waals surface area (Å²) < 4.78 is 0. The van der Waals surface area contributed by atoms with Crippen LogP contribution < -0.4 is 46.7 Å². The van der Waals surface area contributed by atoms with Gasteiger partial charge in [-0.05, 0) is 83.4 Å². The highest BCUT2D eigenvalue weighted by atomic mass is 28.3. The van der Waals surface area contributed by atoms with E-state index in [2.05, 4.69) is 211 Å². The maximum absolute atomic E-state index is 3.09. The van der Waals surface area contributed by atoms with Crippen LogP contribution in [0.1, 0.15) is 61.1 Å². The van der Waals surface area contributed by atoms with Crippen molar-refractivity contribution in [2.24, 2.45) is 0 Å². The zero-order valence-electron chi connectivity index (χ0n) is 43.3. The maximum Gasteiger partial charge on any atom is 0.162 e. The molecule has 320 valence electrons. The van der Waals surface area contributed by atoms with Crippen molar-refractivity contribution in [3.63, 3.8) is 0 Å². The Morgan fingerprint density at radius 2 is 0.569 bits per heavy atom. The minimum atomic E-state index is -3.09. The molecule has 0 aliphatic heterocycles. The van der Waals surface area contributed by atoms with Gasteiger partial charge in [0.05, 0.1) is 48.4 Å². The second-order valence-corrected chi connectivity index (χ2v) is 59.5. The van der Waals surface area contributed by atoms with Crippen molar-refractivity contribution in [2.45, 2.75) is 192 Å². The van der Waals surface area contributed by atoms with Crippen LogP contribution in [0.2, 0.25) is 123 Å². The number of rotatable bonds is 10. The first-order chi connectivity index (χ1) is 25.7. The van der Waals surface area contributed by atoms with Crippen LogP contribution in [0.25, 0.3) is 0 Å². The Bertz CT molecular complexity index is 2010. The molecule has 0 radical (unpaired) electrons. The fourth-order valence-corrected chi connectivity index (χ4v) is 40.0. The van der Waals surface area contributed by atoms with Crippen molar-refractivity contribution in [3.05, 3.63) is 74.4 Å². The predicted octanol–water partition coefficient (Wildman–Crippen LogP) is 10.3. The Morgan fingerprint density at radius 3 is 0.741 bits per heavy atom. The van der Waals surface area contributed by atoms with Gasteiger partial charge >= 0.3 is 0 Å². The minimum absolute atomic E-state index is 0.168. The van der Waals surface area contributed by atoms with Crippen LogP contribution in [0.4, 0.5) is 0 Å². The lowest BCUT2D eigenvalue weighted by Crippen LogP contribution is -2.78. The molecule has 3 aromatic rings. The molecule has 0 fully saturated rings. The average Bonchev–Trinajstić information content (AvgIpc) is 3.20. The summed E-state index contributed by atoms with van der Waals surface area (Å²) in [5, 5.41) is 15.5. The Labute approximate surface area is 367 Å². The van der Waals surface area contributed by atoms with Gasteiger partial charge in [-0.1, -0.05) is 225 Å². The van der Waals surface area contributed by atoms with Gasteiger partial charge in [-0.3, -0.25) is 0 Å². The number of benzene rings is 3. The van der Waals surface area contributed by atoms with Crippen molar-refractivity contribution in [3.8, 4) is 0 Å². The molecule has 3 aromatic carbocycles. The molecule has 0 spiro atoms. The summed E-state index contributed by atoms with van der Waals surface area (Å²) >= 11 is 0. The first-order valence-corrected chi connectivity index (χ1v) is 45.6. The summed E-state index contributed by atoms with van der Waals surface area (Å²) in [5.41, 5.74) is 14.2. The highest BCUT2D eigenvalue weighted by molar-refractivity contribution is 7.16. The molecule has 0 saturated heterocycles. The zero-order valence-corrected chi connectivity index (χ0v) is 50.3. The molecule has 0 aromatic heterocycles. The van der Waals surface area contributed by atoms with E-state index in [-0.39, 0.29) is 5.04 Å². The summed E-state index contributed by atoms with van der Waals surface area (Å²) in [4.78, 5) is 0. The largest absolute Gasteiger partial charge is 0.162 e. The van der Waals surface area contributed by atoms with Crippen LogP contribution in [0.5, 0.6) is 0 Å². The third-order valence-electron chi connectivity index (χ3n) is 14.3. The minimum Gasteiger partial charge on any atom is -0.0730 e. The van der Waals surface area contributed by atoms with Gasteiger partial charge in [0.1, 0.15) is 0 Å². The van der Waals surface area contributed by atoms with Gasteiger partial charge in [-0.25, -0.2) is 0 Å². The van der Waals surface area contributed by atoms with E-state index in [0.29, 0.717) is 0 Å². The molecule has 0 N–H and O–H groups in total. The molecule has 1 aliphatic rings. The Kier molecular flexibility index (Phi) is 12.9. The van der Waals surface area contributed by atoms with Gasteiger partial charge in [0.2, 0.25) is 0 Å². The summed E-state index contributed by atoms with van der Waals surface area (Å²) in [5.74, 6) is 0. The molecule has 1 aliphatic carbocycles. The number of allylic oxidation sites excluding steroid dienone is 4. The molecule has 4 rings (SSSR count). The third kappa shape index (κ3) is 7.95. The first kappa shape index (κ1) is 49.3. The third-order valence-corrected chi connectivity index (χ3v) is 33.9. The molecule has 1 atom stereocenters. The lowest BCUT2D eigenvalue weighted by atomic mass is 10.0. The number of hydrogen-bond donors (Lipinski definition) is 0. The van der Waals surface area contributed by atoms with Crippen molar-refractivity contribution in [1.82, 2.24) is 0 Å². The fraction of sp³-hybridized carbons (Fsp3) is 0.569. The molecule has 58 heavy (non-hydrogen) atoms. The Hall–Kier alpha value is -1.34. The van der Waals surface area contributed by atoms with E-state index in [1.807, 2.05) is 0 Å². The smallest absolute Gasteiger partial charge is 0.0730 e.